The SMILES string of the molecule is Cc1ccc(CNc2cnc(C(=O)O)cn2)c(OC2CCOC2)c1. The molecule has 2 heterocycles. The minimum absolute atomic E-state index is 0.0823. The fourth-order valence-electron chi connectivity index (χ4n) is 2.42. The van der Waals surface area contributed by atoms with Crippen LogP contribution < -0.4 is 10.1 Å². The third-order valence-electron chi connectivity index (χ3n) is 3.74. The monoisotopic (exact) mass is 329 g/mol. The normalized spacial score (nSPS) is 16.8. The number of carboxylic acids is 1. The number of hydrogen-bond acceptors (Lipinski definition) is 6. The van der Waals surface area contributed by atoms with Crippen molar-refractivity contribution in [2.24, 2.45) is 0 Å². The van der Waals surface area contributed by atoms with E-state index in [4.69, 9.17) is 14.6 Å². The molecular formula is C17H19N3O4. The average molecular weight is 329 g/mol. The lowest BCUT2D eigenvalue weighted by Gasteiger charge is -2.17. The zero-order valence-electron chi connectivity index (χ0n) is 13.4. The molecule has 0 radical (unpaired) electrons. The van der Waals surface area contributed by atoms with Crippen LogP contribution in [0.5, 0.6) is 5.75 Å². The molecule has 0 aliphatic carbocycles. The number of ether oxygens (including phenoxy) is 2. The van der Waals surface area contributed by atoms with Crippen LogP contribution in [0.15, 0.2) is 30.6 Å². The Hall–Kier alpha value is -2.67. The lowest BCUT2D eigenvalue weighted by Crippen LogP contribution is -2.17. The predicted octanol–water partition coefficient (Wildman–Crippen LogP) is 2.26. The first-order valence-corrected chi connectivity index (χ1v) is 7.75. The van der Waals surface area contributed by atoms with Gasteiger partial charge in [-0.15, -0.1) is 0 Å². The van der Waals surface area contributed by atoms with E-state index in [-0.39, 0.29) is 11.8 Å². The maximum absolute atomic E-state index is 10.8. The molecular weight excluding hydrogens is 310 g/mol. The molecule has 7 heteroatoms. The predicted molar refractivity (Wildman–Crippen MR) is 87.3 cm³/mol. The van der Waals surface area contributed by atoms with Crippen LogP contribution in [-0.4, -0.2) is 40.4 Å². The zero-order chi connectivity index (χ0) is 16.9. The van der Waals surface area contributed by atoms with Crippen LogP contribution >= 0.6 is 0 Å². The van der Waals surface area contributed by atoms with Crippen molar-refractivity contribution in [3.63, 3.8) is 0 Å². The van der Waals surface area contributed by atoms with Crippen LogP contribution in [-0.2, 0) is 11.3 Å². The molecule has 0 saturated carbocycles. The number of anilines is 1. The highest BCUT2D eigenvalue weighted by atomic mass is 16.5. The number of nitrogens with one attached hydrogen (secondary N) is 1. The van der Waals surface area contributed by atoms with Crippen LogP contribution in [0.4, 0.5) is 5.82 Å². The summed E-state index contributed by atoms with van der Waals surface area (Å²) in [6.45, 7) is 3.87. The molecule has 2 N–H and O–H groups in total. The molecule has 2 aromatic rings. The largest absolute Gasteiger partial charge is 0.488 e. The van der Waals surface area contributed by atoms with Gasteiger partial charge in [0, 0.05) is 18.5 Å². The third kappa shape index (κ3) is 3.99. The van der Waals surface area contributed by atoms with Crippen molar-refractivity contribution in [2.45, 2.75) is 26.0 Å². The molecule has 1 fully saturated rings. The molecule has 3 rings (SSSR count). The first kappa shape index (κ1) is 16.2. The molecule has 0 amide bonds. The molecule has 1 saturated heterocycles. The molecule has 1 unspecified atom stereocenters. The number of nitrogens with zero attached hydrogens (tertiary/aromatic N) is 2. The summed E-state index contributed by atoms with van der Waals surface area (Å²) in [6, 6.07) is 6.04. The Morgan fingerprint density at radius 1 is 1.42 bits per heavy atom. The number of rotatable bonds is 6. The summed E-state index contributed by atoms with van der Waals surface area (Å²) in [4.78, 5) is 18.7. The van der Waals surface area contributed by atoms with E-state index < -0.39 is 5.97 Å². The maximum atomic E-state index is 10.8. The summed E-state index contributed by atoms with van der Waals surface area (Å²) in [5.74, 6) is 0.242. The molecule has 1 aromatic heterocycles. The van der Waals surface area contributed by atoms with Crippen molar-refractivity contribution in [1.82, 2.24) is 9.97 Å². The molecule has 1 aliphatic heterocycles. The standard InChI is InChI=1S/C17H19N3O4/c1-11-2-3-12(15(6-11)24-13-4-5-23-10-13)7-19-16-9-18-14(8-20-16)17(21)22/h2-3,6,8-9,13H,4-5,7,10H2,1H3,(H,19,20)(H,21,22). The summed E-state index contributed by atoms with van der Waals surface area (Å²) in [7, 11) is 0. The van der Waals surface area contributed by atoms with E-state index in [9.17, 15) is 4.79 Å². The number of carboxylic acid groups (broad SMARTS) is 1. The molecule has 1 aromatic carbocycles. The quantitative estimate of drug-likeness (QED) is 0.839. The number of hydrogen-bond donors (Lipinski definition) is 2. The molecule has 0 bridgehead atoms. The van der Waals surface area contributed by atoms with Gasteiger partial charge in [-0.1, -0.05) is 12.1 Å². The summed E-state index contributed by atoms with van der Waals surface area (Å²) in [5, 5.41) is 12.0. The van der Waals surface area contributed by atoms with Gasteiger partial charge in [0.1, 0.15) is 17.7 Å². The summed E-state index contributed by atoms with van der Waals surface area (Å²) in [5.41, 5.74) is 2.04. The second-order valence-corrected chi connectivity index (χ2v) is 5.66. The number of aryl methyl sites for hydroxylation is 1. The van der Waals surface area contributed by atoms with E-state index in [2.05, 4.69) is 15.3 Å². The Bertz CT molecular complexity index is 712. The van der Waals surface area contributed by atoms with Crippen LogP contribution in [0.1, 0.15) is 28.0 Å². The number of aromatic carboxylic acids is 1. The highest BCUT2D eigenvalue weighted by Gasteiger charge is 2.18. The molecule has 24 heavy (non-hydrogen) atoms. The lowest BCUT2D eigenvalue weighted by molar-refractivity contribution is 0.0690. The highest BCUT2D eigenvalue weighted by molar-refractivity contribution is 5.84. The third-order valence-corrected chi connectivity index (χ3v) is 3.74. The first-order chi connectivity index (χ1) is 11.6. The molecule has 0 spiro atoms. The van der Waals surface area contributed by atoms with Gasteiger partial charge >= 0.3 is 5.97 Å². The molecule has 1 aliphatic rings. The van der Waals surface area contributed by atoms with Gasteiger partial charge in [0.25, 0.3) is 0 Å². The Balaban J connectivity index is 1.68. The van der Waals surface area contributed by atoms with Crippen LogP contribution in [0.25, 0.3) is 0 Å². The molecule has 1 atom stereocenters. The van der Waals surface area contributed by atoms with Gasteiger partial charge in [-0.05, 0) is 18.6 Å². The van der Waals surface area contributed by atoms with Crippen molar-refractivity contribution in [2.75, 3.05) is 18.5 Å². The Morgan fingerprint density at radius 3 is 2.96 bits per heavy atom. The summed E-state index contributed by atoms with van der Waals surface area (Å²) in [6.07, 6.45) is 3.61. The van der Waals surface area contributed by atoms with Gasteiger partial charge in [-0.3, -0.25) is 0 Å². The fraction of sp³-hybridized carbons (Fsp3) is 0.353. The number of carbonyl (C=O) groups is 1. The van der Waals surface area contributed by atoms with Crippen molar-refractivity contribution < 1.29 is 19.4 Å². The van der Waals surface area contributed by atoms with E-state index in [0.717, 1.165) is 29.9 Å². The summed E-state index contributed by atoms with van der Waals surface area (Å²) >= 11 is 0. The van der Waals surface area contributed by atoms with Gasteiger partial charge < -0.3 is 19.9 Å². The Labute approximate surface area is 139 Å². The van der Waals surface area contributed by atoms with Gasteiger partial charge in [0.05, 0.1) is 25.6 Å². The van der Waals surface area contributed by atoms with E-state index in [0.29, 0.717) is 19.0 Å². The topological polar surface area (TPSA) is 93.6 Å². The van der Waals surface area contributed by atoms with Gasteiger partial charge in [0.15, 0.2) is 5.69 Å². The maximum Gasteiger partial charge on any atom is 0.356 e. The van der Waals surface area contributed by atoms with Crippen molar-refractivity contribution in [3.05, 3.63) is 47.4 Å². The van der Waals surface area contributed by atoms with E-state index in [1.807, 2.05) is 25.1 Å². The second kappa shape index (κ2) is 7.27. The lowest BCUT2D eigenvalue weighted by atomic mass is 10.1. The van der Waals surface area contributed by atoms with Gasteiger partial charge in [-0.25, -0.2) is 14.8 Å². The van der Waals surface area contributed by atoms with Crippen LogP contribution in [0.3, 0.4) is 0 Å². The number of aromatic nitrogens is 2. The number of benzene rings is 1. The Morgan fingerprint density at radius 2 is 2.29 bits per heavy atom. The van der Waals surface area contributed by atoms with Crippen LogP contribution in [0.2, 0.25) is 0 Å². The average Bonchev–Trinajstić information content (AvgIpc) is 3.07. The van der Waals surface area contributed by atoms with E-state index in [1.54, 1.807) is 0 Å². The second-order valence-electron chi connectivity index (χ2n) is 5.66. The highest BCUT2D eigenvalue weighted by Crippen LogP contribution is 2.24. The molecule has 126 valence electrons. The minimum Gasteiger partial charge on any atom is -0.488 e. The minimum atomic E-state index is -1.10. The van der Waals surface area contributed by atoms with Crippen LogP contribution in [0, 0.1) is 6.92 Å². The van der Waals surface area contributed by atoms with Crippen molar-refractivity contribution in [3.8, 4) is 5.75 Å². The smallest absolute Gasteiger partial charge is 0.356 e. The molecule has 7 nitrogen and oxygen atoms in total. The van der Waals surface area contributed by atoms with Gasteiger partial charge in [0.2, 0.25) is 0 Å². The fourth-order valence-corrected chi connectivity index (χ4v) is 2.42. The van der Waals surface area contributed by atoms with Gasteiger partial charge in [-0.2, -0.15) is 0 Å². The summed E-state index contributed by atoms with van der Waals surface area (Å²) < 4.78 is 11.4. The zero-order valence-corrected chi connectivity index (χ0v) is 13.4. The first-order valence-electron chi connectivity index (χ1n) is 7.75. The van der Waals surface area contributed by atoms with Crippen molar-refractivity contribution in [1.29, 1.82) is 0 Å². The van der Waals surface area contributed by atoms with E-state index >= 15 is 0 Å². The van der Waals surface area contributed by atoms with E-state index in [1.165, 1.54) is 12.4 Å². The van der Waals surface area contributed by atoms with Crippen molar-refractivity contribution >= 4 is 11.8 Å². The Kier molecular flexibility index (Phi) is 4.90.